The molecule has 21 heavy (non-hydrogen) atoms. The Kier molecular flexibility index (Phi) is 5.27. The van der Waals surface area contributed by atoms with E-state index >= 15 is 0 Å². The lowest BCUT2D eigenvalue weighted by Crippen LogP contribution is -2.51. The van der Waals surface area contributed by atoms with Crippen LogP contribution in [0.3, 0.4) is 0 Å². The molecule has 1 unspecified atom stereocenters. The first-order valence-electron chi connectivity index (χ1n) is 7.11. The molecule has 0 bridgehead atoms. The molecule has 0 saturated carbocycles. The third-order valence-electron chi connectivity index (χ3n) is 3.72. The van der Waals surface area contributed by atoms with E-state index in [1.807, 2.05) is 0 Å². The highest BCUT2D eigenvalue weighted by molar-refractivity contribution is 5.82. The number of nitrogens with two attached hydrogens (primary N) is 1. The number of primary amides is 1. The average Bonchev–Trinajstić information content (AvgIpc) is 2.47. The molecule has 114 valence electrons. The molecular formula is C15H20FN3O2. The first kappa shape index (κ1) is 15.4. The number of nitrogens with one attached hydrogen (secondary N) is 1. The summed E-state index contributed by atoms with van der Waals surface area (Å²) in [6, 6.07) is 5.93. The summed E-state index contributed by atoms with van der Waals surface area (Å²) in [6.45, 7) is 0.934. The predicted octanol–water partition coefficient (Wildman–Crippen LogP) is 0.782. The number of carbonyl (C=O) groups excluding carboxylic acids is 2. The highest BCUT2D eigenvalue weighted by Crippen LogP contribution is 2.16. The lowest BCUT2D eigenvalue weighted by molar-refractivity contribution is -0.128. The van der Waals surface area contributed by atoms with Crippen molar-refractivity contribution >= 4 is 11.8 Å². The second-order valence-electron chi connectivity index (χ2n) is 5.25. The molecule has 1 aromatic rings. The average molecular weight is 293 g/mol. The van der Waals surface area contributed by atoms with Gasteiger partial charge in [0.2, 0.25) is 11.8 Å². The molecule has 1 fully saturated rings. The molecule has 0 spiro atoms. The van der Waals surface area contributed by atoms with Crippen LogP contribution in [0, 0.1) is 5.82 Å². The highest BCUT2D eigenvalue weighted by atomic mass is 19.1. The van der Waals surface area contributed by atoms with Gasteiger partial charge in [-0.05, 0) is 25.5 Å². The maximum absolute atomic E-state index is 13.4. The Balaban J connectivity index is 1.86. The fourth-order valence-corrected chi connectivity index (χ4v) is 2.58. The number of hydrogen-bond acceptors (Lipinski definition) is 3. The molecule has 1 aliphatic heterocycles. The summed E-state index contributed by atoms with van der Waals surface area (Å²) >= 11 is 0. The van der Waals surface area contributed by atoms with Gasteiger partial charge >= 0.3 is 0 Å². The smallest absolute Gasteiger partial charge is 0.234 e. The zero-order valence-corrected chi connectivity index (χ0v) is 11.8. The van der Waals surface area contributed by atoms with E-state index in [9.17, 15) is 14.0 Å². The Bertz CT molecular complexity index is 521. The van der Waals surface area contributed by atoms with Crippen molar-refractivity contribution in [1.29, 1.82) is 0 Å². The van der Waals surface area contributed by atoms with E-state index < -0.39 is 5.91 Å². The van der Waals surface area contributed by atoms with Gasteiger partial charge < -0.3 is 11.1 Å². The van der Waals surface area contributed by atoms with Crippen LogP contribution in [0.25, 0.3) is 0 Å². The molecular weight excluding hydrogens is 273 g/mol. The van der Waals surface area contributed by atoms with Crippen LogP contribution in [-0.2, 0) is 16.1 Å². The summed E-state index contributed by atoms with van der Waals surface area (Å²) in [4.78, 5) is 25.1. The van der Waals surface area contributed by atoms with E-state index in [-0.39, 0.29) is 30.9 Å². The third kappa shape index (κ3) is 4.26. The van der Waals surface area contributed by atoms with Crippen molar-refractivity contribution in [3.8, 4) is 0 Å². The van der Waals surface area contributed by atoms with Gasteiger partial charge in [-0.25, -0.2) is 4.39 Å². The second kappa shape index (κ2) is 7.17. The Morgan fingerprint density at radius 2 is 2.10 bits per heavy atom. The number of hydrogen-bond donors (Lipinski definition) is 2. The minimum Gasteiger partial charge on any atom is -0.368 e. The fraction of sp³-hybridized carbons (Fsp3) is 0.467. The number of amides is 2. The van der Waals surface area contributed by atoms with Crippen molar-refractivity contribution < 1.29 is 14.0 Å². The van der Waals surface area contributed by atoms with Crippen LogP contribution in [0.1, 0.15) is 24.8 Å². The van der Waals surface area contributed by atoms with Gasteiger partial charge in [0.05, 0.1) is 12.6 Å². The predicted molar refractivity (Wildman–Crippen MR) is 76.7 cm³/mol. The van der Waals surface area contributed by atoms with E-state index in [1.54, 1.807) is 23.1 Å². The van der Waals surface area contributed by atoms with Gasteiger partial charge in [-0.1, -0.05) is 24.6 Å². The molecule has 0 radical (unpaired) electrons. The minimum atomic E-state index is -0.392. The molecule has 2 amide bonds. The summed E-state index contributed by atoms with van der Waals surface area (Å²) in [7, 11) is 0. The quantitative estimate of drug-likeness (QED) is 0.842. The van der Waals surface area contributed by atoms with E-state index in [2.05, 4.69) is 5.32 Å². The summed E-state index contributed by atoms with van der Waals surface area (Å²) in [6.07, 6.45) is 2.58. The number of likely N-dealkylation sites (tertiary alicyclic amines) is 1. The van der Waals surface area contributed by atoms with Crippen molar-refractivity contribution in [2.24, 2.45) is 5.73 Å². The Morgan fingerprint density at radius 3 is 2.81 bits per heavy atom. The van der Waals surface area contributed by atoms with Gasteiger partial charge in [0.15, 0.2) is 0 Å². The Labute approximate surface area is 123 Å². The van der Waals surface area contributed by atoms with E-state index in [1.165, 1.54) is 6.07 Å². The van der Waals surface area contributed by atoms with Crippen LogP contribution in [0.5, 0.6) is 0 Å². The van der Waals surface area contributed by atoms with Crippen LogP contribution in [0.2, 0.25) is 0 Å². The molecule has 6 heteroatoms. The van der Waals surface area contributed by atoms with E-state index in [0.717, 1.165) is 12.8 Å². The van der Waals surface area contributed by atoms with Crippen LogP contribution in [0.15, 0.2) is 24.3 Å². The molecule has 0 aromatic heterocycles. The van der Waals surface area contributed by atoms with Crippen molar-refractivity contribution in [3.63, 3.8) is 0 Å². The van der Waals surface area contributed by atoms with E-state index in [0.29, 0.717) is 18.5 Å². The molecule has 5 nitrogen and oxygen atoms in total. The molecule has 1 aromatic carbocycles. The second-order valence-corrected chi connectivity index (χ2v) is 5.25. The number of rotatable bonds is 5. The molecule has 1 saturated heterocycles. The Hall–Kier alpha value is -1.95. The normalized spacial score (nSPS) is 19.2. The lowest BCUT2D eigenvalue weighted by Gasteiger charge is -2.32. The number of halogens is 1. The van der Waals surface area contributed by atoms with E-state index in [4.69, 9.17) is 5.73 Å². The lowest BCUT2D eigenvalue weighted by atomic mass is 10.0. The topological polar surface area (TPSA) is 75.4 Å². The molecule has 1 atom stereocenters. The van der Waals surface area contributed by atoms with Crippen LogP contribution in [0.4, 0.5) is 4.39 Å². The summed E-state index contributed by atoms with van der Waals surface area (Å²) < 4.78 is 13.4. The van der Waals surface area contributed by atoms with Crippen LogP contribution in [-0.4, -0.2) is 35.8 Å². The molecule has 1 aliphatic rings. The molecule has 2 rings (SSSR count). The van der Waals surface area contributed by atoms with Gasteiger partial charge in [0.1, 0.15) is 5.82 Å². The summed E-state index contributed by atoms with van der Waals surface area (Å²) in [5.74, 6) is -0.964. The standard InChI is InChI=1S/C15H20FN3O2/c16-12-6-2-1-5-11(12)9-18-14(20)10-19-8-4-3-7-13(19)15(17)21/h1-2,5-6,13H,3-4,7-10H2,(H2,17,21)(H,18,20). The molecule has 3 N–H and O–H groups in total. The van der Waals surface area contributed by atoms with Crippen LogP contribution < -0.4 is 11.1 Å². The Morgan fingerprint density at radius 1 is 1.33 bits per heavy atom. The summed E-state index contributed by atoms with van der Waals surface area (Å²) in [5.41, 5.74) is 5.80. The number of benzene rings is 1. The maximum atomic E-state index is 13.4. The van der Waals surface area contributed by atoms with Crippen molar-refractivity contribution in [2.75, 3.05) is 13.1 Å². The summed E-state index contributed by atoms with van der Waals surface area (Å²) in [5, 5.41) is 2.67. The minimum absolute atomic E-state index is 0.113. The van der Waals surface area contributed by atoms with Gasteiger partial charge in [0, 0.05) is 12.1 Å². The third-order valence-corrected chi connectivity index (χ3v) is 3.72. The van der Waals surface area contributed by atoms with Crippen molar-refractivity contribution in [1.82, 2.24) is 10.2 Å². The van der Waals surface area contributed by atoms with Crippen molar-refractivity contribution in [2.45, 2.75) is 31.8 Å². The number of carbonyl (C=O) groups is 2. The number of nitrogens with zero attached hydrogens (tertiary/aromatic N) is 1. The van der Waals surface area contributed by atoms with Gasteiger partial charge in [-0.3, -0.25) is 14.5 Å². The van der Waals surface area contributed by atoms with Gasteiger partial charge in [-0.15, -0.1) is 0 Å². The van der Waals surface area contributed by atoms with Crippen molar-refractivity contribution in [3.05, 3.63) is 35.6 Å². The molecule has 1 heterocycles. The zero-order chi connectivity index (χ0) is 15.2. The molecule has 0 aliphatic carbocycles. The first-order chi connectivity index (χ1) is 10.1. The van der Waals surface area contributed by atoms with Gasteiger partial charge in [-0.2, -0.15) is 0 Å². The van der Waals surface area contributed by atoms with Crippen LogP contribution >= 0.6 is 0 Å². The first-order valence-corrected chi connectivity index (χ1v) is 7.11. The fourth-order valence-electron chi connectivity index (χ4n) is 2.58. The number of piperidine rings is 1. The zero-order valence-electron chi connectivity index (χ0n) is 11.8. The SMILES string of the molecule is NC(=O)C1CCCCN1CC(=O)NCc1ccccc1F. The monoisotopic (exact) mass is 293 g/mol. The highest BCUT2D eigenvalue weighted by Gasteiger charge is 2.28. The largest absolute Gasteiger partial charge is 0.368 e. The maximum Gasteiger partial charge on any atom is 0.234 e. The van der Waals surface area contributed by atoms with Gasteiger partial charge in [0.25, 0.3) is 0 Å².